The molecule has 100 valence electrons. The molecule has 2 aromatic rings. The largest absolute Gasteiger partial charge is 0.369 e. The molecule has 0 atom stereocenters. The molecule has 0 fully saturated rings. The number of benzene rings is 1. The summed E-state index contributed by atoms with van der Waals surface area (Å²) in [5.41, 5.74) is 1.40. The van der Waals surface area contributed by atoms with Gasteiger partial charge in [0.2, 0.25) is 0 Å². The zero-order valence-corrected chi connectivity index (χ0v) is 10.9. The molecule has 2 rings (SSSR count). The fourth-order valence-electron chi connectivity index (χ4n) is 1.71. The van der Waals surface area contributed by atoms with E-state index in [9.17, 15) is 4.39 Å². The van der Waals surface area contributed by atoms with Crippen molar-refractivity contribution in [2.45, 2.75) is 6.42 Å². The molecule has 0 aliphatic heterocycles. The van der Waals surface area contributed by atoms with Crippen molar-refractivity contribution in [3.8, 4) is 11.3 Å². The lowest BCUT2D eigenvalue weighted by Crippen LogP contribution is -2.13. The summed E-state index contributed by atoms with van der Waals surface area (Å²) in [5, 5.41) is 14.4. The second-order valence-electron chi connectivity index (χ2n) is 4.20. The van der Waals surface area contributed by atoms with Gasteiger partial charge in [0.25, 0.3) is 0 Å². The van der Waals surface area contributed by atoms with Gasteiger partial charge < -0.3 is 10.6 Å². The van der Waals surface area contributed by atoms with Gasteiger partial charge in [-0.25, -0.2) is 4.39 Å². The molecular formula is C14H17FN4. The number of nitrogens with zero attached hydrogens (tertiary/aromatic N) is 2. The molecule has 0 aliphatic rings. The van der Waals surface area contributed by atoms with Crippen LogP contribution in [0.2, 0.25) is 0 Å². The Hall–Kier alpha value is -2.01. The van der Waals surface area contributed by atoms with Crippen LogP contribution in [-0.2, 0) is 0 Å². The predicted molar refractivity (Wildman–Crippen MR) is 74.5 cm³/mol. The van der Waals surface area contributed by atoms with E-state index >= 15 is 0 Å². The average Bonchev–Trinajstić information content (AvgIpc) is 2.44. The minimum absolute atomic E-state index is 0.270. The Kier molecular flexibility index (Phi) is 4.80. The molecule has 0 saturated carbocycles. The van der Waals surface area contributed by atoms with Gasteiger partial charge in [-0.15, -0.1) is 10.2 Å². The van der Waals surface area contributed by atoms with Crippen LogP contribution in [0, 0.1) is 5.82 Å². The van der Waals surface area contributed by atoms with E-state index in [1.807, 2.05) is 25.2 Å². The van der Waals surface area contributed by atoms with Crippen molar-refractivity contribution in [2.75, 3.05) is 25.5 Å². The molecule has 0 saturated heterocycles. The number of hydrogen-bond donors (Lipinski definition) is 2. The molecule has 19 heavy (non-hydrogen) atoms. The van der Waals surface area contributed by atoms with E-state index in [1.54, 1.807) is 6.07 Å². The molecule has 0 radical (unpaired) electrons. The number of hydrogen-bond acceptors (Lipinski definition) is 4. The van der Waals surface area contributed by atoms with E-state index in [-0.39, 0.29) is 5.82 Å². The quantitative estimate of drug-likeness (QED) is 0.782. The Labute approximate surface area is 112 Å². The van der Waals surface area contributed by atoms with E-state index in [2.05, 4.69) is 20.8 Å². The molecule has 4 nitrogen and oxygen atoms in total. The summed E-state index contributed by atoms with van der Waals surface area (Å²) in [6.45, 7) is 1.80. The van der Waals surface area contributed by atoms with Crippen LogP contribution in [0.15, 0.2) is 36.4 Å². The van der Waals surface area contributed by atoms with Gasteiger partial charge in [0.15, 0.2) is 0 Å². The van der Waals surface area contributed by atoms with Crippen molar-refractivity contribution in [3.63, 3.8) is 0 Å². The third-order valence-corrected chi connectivity index (χ3v) is 2.69. The average molecular weight is 260 g/mol. The van der Waals surface area contributed by atoms with Crippen molar-refractivity contribution >= 4 is 5.82 Å². The standard InChI is InChI=1S/C14H17FN4/c1-16-8-3-9-17-14-7-6-13(18-19-14)11-4-2-5-12(15)10-11/h2,4-7,10,16H,3,8-9H2,1H3,(H,17,19). The summed E-state index contributed by atoms with van der Waals surface area (Å²) in [6.07, 6.45) is 1.02. The normalized spacial score (nSPS) is 10.4. The smallest absolute Gasteiger partial charge is 0.148 e. The fraction of sp³-hybridized carbons (Fsp3) is 0.286. The Balaban J connectivity index is 1.98. The highest BCUT2D eigenvalue weighted by Crippen LogP contribution is 2.17. The maximum atomic E-state index is 13.1. The molecule has 1 aromatic carbocycles. The Morgan fingerprint density at radius 3 is 2.68 bits per heavy atom. The molecule has 0 bridgehead atoms. The van der Waals surface area contributed by atoms with E-state index < -0.39 is 0 Å². The predicted octanol–water partition coefficient (Wildman–Crippen LogP) is 2.30. The summed E-state index contributed by atoms with van der Waals surface area (Å²) in [4.78, 5) is 0. The maximum Gasteiger partial charge on any atom is 0.148 e. The summed E-state index contributed by atoms with van der Waals surface area (Å²) in [7, 11) is 1.92. The highest BCUT2D eigenvalue weighted by atomic mass is 19.1. The first-order chi connectivity index (χ1) is 9.29. The molecule has 5 heteroatoms. The van der Waals surface area contributed by atoms with Crippen LogP contribution in [0.25, 0.3) is 11.3 Å². The second kappa shape index (κ2) is 6.80. The first kappa shape index (κ1) is 13.4. The molecule has 0 spiro atoms. The summed E-state index contributed by atoms with van der Waals surface area (Å²) >= 11 is 0. The van der Waals surface area contributed by atoms with Crippen molar-refractivity contribution < 1.29 is 4.39 Å². The van der Waals surface area contributed by atoms with Crippen LogP contribution in [-0.4, -0.2) is 30.3 Å². The zero-order chi connectivity index (χ0) is 13.5. The summed E-state index contributed by atoms with van der Waals surface area (Å²) in [6, 6.07) is 10.0. The lowest BCUT2D eigenvalue weighted by atomic mass is 10.1. The first-order valence-corrected chi connectivity index (χ1v) is 6.28. The van der Waals surface area contributed by atoms with Gasteiger partial charge in [0, 0.05) is 12.1 Å². The van der Waals surface area contributed by atoms with E-state index in [4.69, 9.17) is 0 Å². The molecule has 0 unspecified atom stereocenters. The second-order valence-corrected chi connectivity index (χ2v) is 4.20. The molecule has 1 heterocycles. The van der Waals surface area contributed by atoms with Gasteiger partial charge in [-0.3, -0.25) is 0 Å². The number of anilines is 1. The topological polar surface area (TPSA) is 49.8 Å². The van der Waals surface area contributed by atoms with E-state index in [0.29, 0.717) is 5.69 Å². The third kappa shape index (κ3) is 3.99. The van der Waals surface area contributed by atoms with Crippen molar-refractivity contribution in [2.24, 2.45) is 0 Å². The van der Waals surface area contributed by atoms with Crippen molar-refractivity contribution in [1.29, 1.82) is 0 Å². The Bertz CT molecular complexity index is 513. The van der Waals surface area contributed by atoms with Crippen molar-refractivity contribution in [1.82, 2.24) is 15.5 Å². The number of aromatic nitrogens is 2. The SMILES string of the molecule is CNCCCNc1ccc(-c2cccc(F)c2)nn1. The van der Waals surface area contributed by atoms with Crippen LogP contribution >= 0.6 is 0 Å². The zero-order valence-electron chi connectivity index (χ0n) is 10.9. The fourth-order valence-corrected chi connectivity index (χ4v) is 1.71. The molecular weight excluding hydrogens is 243 g/mol. The number of rotatable bonds is 6. The summed E-state index contributed by atoms with van der Waals surface area (Å²) in [5.74, 6) is 0.463. The van der Waals surface area contributed by atoms with Crippen LogP contribution in [0.5, 0.6) is 0 Å². The van der Waals surface area contributed by atoms with E-state index in [0.717, 1.165) is 30.9 Å². The molecule has 0 aliphatic carbocycles. The van der Waals surface area contributed by atoms with Gasteiger partial charge in [-0.1, -0.05) is 12.1 Å². The highest BCUT2D eigenvalue weighted by Gasteiger charge is 2.02. The Morgan fingerprint density at radius 2 is 2.00 bits per heavy atom. The van der Waals surface area contributed by atoms with Gasteiger partial charge in [-0.05, 0) is 44.3 Å². The van der Waals surface area contributed by atoms with Gasteiger partial charge in [0.1, 0.15) is 11.6 Å². The van der Waals surface area contributed by atoms with E-state index in [1.165, 1.54) is 12.1 Å². The Morgan fingerprint density at radius 1 is 1.11 bits per heavy atom. The molecule has 0 amide bonds. The lowest BCUT2D eigenvalue weighted by Gasteiger charge is -2.05. The monoisotopic (exact) mass is 260 g/mol. The van der Waals surface area contributed by atoms with Gasteiger partial charge in [-0.2, -0.15) is 0 Å². The molecule has 2 N–H and O–H groups in total. The first-order valence-electron chi connectivity index (χ1n) is 6.28. The van der Waals surface area contributed by atoms with Gasteiger partial charge in [0.05, 0.1) is 5.69 Å². The van der Waals surface area contributed by atoms with Crippen LogP contribution < -0.4 is 10.6 Å². The molecule has 1 aromatic heterocycles. The van der Waals surface area contributed by atoms with Crippen LogP contribution in [0.3, 0.4) is 0 Å². The highest BCUT2D eigenvalue weighted by molar-refractivity contribution is 5.59. The maximum absolute atomic E-state index is 13.1. The van der Waals surface area contributed by atoms with Crippen molar-refractivity contribution in [3.05, 3.63) is 42.2 Å². The van der Waals surface area contributed by atoms with Gasteiger partial charge >= 0.3 is 0 Å². The number of nitrogens with one attached hydrogen (secondary N) is 2. The number of halogens is 1. The minimum atomic E-state index is -0.270. The third-order valence-electron chi connectivity index (χ3n) is 2.69. The summed E-state index contributed by atoms with van der Waals surface area (Å²) < 4.78 is 13.1. The minimum Gasteiger partial charge on any atom is -0.369 e. The van der Waals surface area contributed by atoms with Crippen LogP contribution in [0.1, 0.15) is 6.42 Å². The lowest BCUT2D eigenvalue weighted by molar-refractivity contribution is 0.628. The van der Waals surface area contributed by atoms with Crippen LogP contribution in [0.4, 0.5) is 10.2 Å².